The minimum absolute atomic E-state index is 0.373. The molecule has 9 heteroatoms. The van der Waals surface area contributed by atoms with Crippen LogP contribution in [0.5, 0.6) is 0 Å². The van der Waals surface area contributed by atoms with Crippen LogP contribution >= 0.6 is 11.3 Å². The quantitative estimate of drug-likeness (QED) is 0.378. The van der Waals surface area contributed by atoms with Gasteiger partial charge in [-0.25, -0.2) is 4.98 Å². The third kappa shape index (κ3) is 4.30. The Labute approximate surface area is 196 Å². The number of fused-ring (bicyclic) bond motifs is 3. The molecule has 0 aromatic carbocycles. The van der Waals surface area contributed by atoms with Gasteiger partial charge in [0.25, 0.3) is 0 Å². The van der Waals surface area contributed by atoms with E-state index in [1.807, 2.05) is 25.3 Å². The Hall–Kier alpha value is -3.04. The molecule has 2 aliphatic rings. The van der Waals surface area contributed by atoms with E-state index in [4.69, 9.17) is 9.97 Å². The van der Waals surface area contributed by atoms with Crippen LogP contribution in [0, 0.1) is 6.92 Å². The van der Waals surface area contributed by atoms with Crippen LogP contribution in [0.25, 0.3) is 10.2 Å². The van der Waals surface area contributed by atoms with Crippen molar-refractivity contribution in [1.29, 1.82) is 0 Å². The molecule has 3 atom stereocenters. The van der Waals surface area contributed by atoms with Crippen molar-refractivity contribution in [2.75, 3.05) is 10.6 Å². The van der Waals surface area contributed by atoms with E-state index in [1.54, 1.807) is 11.3 Å². The van der Waals surface area contributed by atoms with Crippen LogP contribution in [0.1, 0.15) is 43.5 Å². The predicted molar refractivity (Wildman–Crippen MR) is 132 cm³/mol. The summed E-state index contributed by atoms with van der Waals surface area (Å²) in [6.45, 7) is 2.93. The van der Waals surface area contributed by atoms with Gasteiger partial charge >= 0.3 is 0 Å². The molecular weight excluding hydrogens is 432 g/mol. The van der Waals surface area contributed by atoms with E-state index in [1.165, 1.54) is 19.3 Å². The fraction of sp³-hybridized carbons (Fsp3) is 0.417. The molecule has 8 nitrogen and oxygen atoms in total. The van der Waals surface area contributed by atoms with Crippen molar-refractivity contribution < 1.29 is 0 Å². The second kappa shape index (κ2) is 8.72. The summed E-state index contributed by atoms with van der Waals surface area (Å²) in [6.07, 6.45) is 7.92. The number of hydrogen-bond acceptors (Lipinski definition) is 8. The van der Waals surface area contributed by atoms with E-state index in [9.17, 15) is 0 Å². The topological polar surface area (TPSA) is 94.7 Å². The number of thiophene rings is 1. The van der Waals surface area contributed by atoms with Gasteiger partial charge in [-0.05, 0) is 56.2 Å². The third-order valence-corrected chi connectivity index (χ3v) is 7.61. The highest BCUT2D eigenvalue weighted by Gasteiger charge is 2.38. The van der Waals surface area contributed by atoms with E-state index in [2.05, 4.69) is 54.3 Å². The van der Waals surface area contributed by atoms with Gasteiger partial charge in [0.15, 0.2) is 5.82 Å². The molecule has 4 aromatic rings. The Morgan fingerprint density at radius 3 is 2.79 bits per heavy atom. The average Bonchev–Trinajstić information content (AvgIpc) is 3.44. The van der Waals surface area contributed by atoms with Gasteiger partial charge < -0.3 is 10.6 Å². The number of rotatable bonds is 6. The number of aromatic amines is 1. The summed E-state index contributed by atoms with van der Waals surface area (Å²) in [6, 6.07) is 11.8. The number of H-pyrrole nitrogens is 1. The number of aryl methyl sites for hydroxylation is 1. The zero-order valence-electron chi connectivity index (χ0n) is 18.7. The van der Waals surface area contributed by atoms with E-state index in [0.29, 0.717) is 24.1 Å². The van der Waals surface area contributed by atoms with E-state index < -0.39 is 0 Å². The van der Waals surface area contributed by atoms with Gasteiger partial charge in [0, 0.05) is 42.6 Å². The molecule has 0 saturated carbocycles. The lowest BCUT2D eigenvalue weighted by Gasteiger charge is -2.49. The van der Waals surface area contributed by atoms with Crippen molar-refractivity contribution in [3.8, 4) is 0 Å². The first-order valence-electron chi connectivity index (χ1n) is 11.7. The van der Waals surface area contributed by atoms with Crippen molar-refractivity contribution >= 4 is 39.1 Å². The summed E-state index contributed by atoms with van der Waals surface area (Å²) >= 11 is 1.64. The number of nitrogens with zero attached hydrogens (tertiary/aromatic N) is 5. The maximum Gasteiger partial charge on any atom is 0.226 e. The first-order chi connectivity index (χ1) is 16.2. The molecule has 0 aliphatic carbocycles. The summed E-state index contributed by atoms with van der Waals surface area (Å²) in [5.41, 5.74) is 2.17. The Kier molecular flexibility index (Phi) is 5.43. The monoisotopic (exact) mass is 460 g/mol. The lowest BCUT2D eigenvalue weighted by Crippen LogP contribution is -2.54. The molecule has 6 heterocycles. The average molecular weight is 461 g/mol. The Bertz CT molecular complexity index is 1220. The maximum atomic E-state index is 4.85. The van der Waals surface area contributed by atoms with E-state index >= 15 is 0 Å². The van der Waals surface area contributed by atoms with Gasteiger partial charge in [-0.2, -0.15) is 10.1 Å². The second-order valence-corrected chi connectivity index (χ2v) is 10.0. The standard InChI is InChI=1S/C24H28N8S/c1-15-11-21(31-30-15)27-22-20-8-10-33-23(20)29-24(28-22)26-17-12-18-6-4-7-19(13-17)32(18)14-16-5-2-3-9-25-16/h2-3,5,8-11,17-19H,4,6-7,12-14H2,1H3,(H3,26,27,28,29,30,31)/t17?,18-,19+. The highest BCUT2D eigenvalue weighted by Crippen LogP contribution is 2.36. The number of aromatic nitrogens is 5. The van der Waals surface area contributed by atoms with Gasteiger partial charge in [0.1, 0.15) is 10.6 Å². The van der Waals surface area contributed by atoms with Crippen LogP contribution in [0.4, 0.5) is 17.6 Å². The molecule has 1 unspecified atom stereocenters. The molecule has 2 bridgehead atoms. The second-order valence-electron chi connectivity index (χ2n) is 9.14. The lowest BCUT2D eigenvalue weighted by molar-refractivity contribution is 0.0266. The fourth-order valence-electron chi connectivity index (χ4n) is 5.33. The molecule has 170 valence electrons. The molecule has 2 saturated heterocycles. The van der Waals surface area contributed by atoms with Crippen LogP contribution in [-0.4, -0.2) is 48.2 Å². The molecule has 0 spiro atoms. The summed E-state index contributed by atoms with van der Waals surface area (Å²) < 4.78 is 0. The van der Waals surface area contributed by atoms with Gasteiger partial charge in [-0.1, -0.05) is 12.5 Å². The van der Waals surface area contributed by atoms with Crippen LogP contribution < -0.4 is 10.6 Å². The molecule has 0 amide bonds. The SMILES string of the molecule is Cc1cc(Nc2nc(NC3C[C@H]4CCC[C@@H](C3)N4Cc3ccccn3)nc3sccc23)n[nH]1. The minimum Gasteiger partial charge on any atom is -0.351 e. The molecule has 33 heavy (non-hydrogen) atoms. The number of hydrogen-bond donors (Lipinski definition) is 3. The number of pyridine rings is 1. The molecule has 3 N–H and O–H groups in total. The first-order valence-corrected chi connectivity index (χ1v) is 12.6. The van der Waals surface area contributed by atoms with Crippen molar-refractivity contribution in [3.05, 3.63) is 53.3 Å². The summed E-state index contributed by atoms with van der Waals surface area (Å²) in [5, 5.41) is 17.4. The molecular formula is C24H28N8S. The largest absolute Gasteiger partial charge is 0.351 e. The smallest absolute Gasteiger partial charge is 0.226 e. The summed E-state index contributed by atoms with van der Waals surface area (Å²) in [7, 11) is 0. The zero-order valence-corrected chi connectivity index (χ0v) is 19.5. The van der Waals surface area contributed by atoms with Gasteiger partial charge in [-0.3, -0.25) is 15.0 Å². The highest BCUT2D eigenvalue weighted by atomic mass is 32.1. The van der Waals surface area contributed by atoms with Crippen LogP contribution in [0.2, 0.25) is 0 Å². The number of anilines is 3. The third-order valence-electron chi connectivity index (χ3n) is 6.81. The Morgan fingerprint density at radius 2 is 2.03 bits per heavy atom. The minimum atomic E-state index is 0.373. The van der Waals surface area contributed by atoms with Gasteiger partial charge in [0.2, 0.25) is 5.95 Å². The van der Waals surface area contributed by atoms with Crippen molar-refractivity contribution in [1.82, 2.24) is 30.0 Å². The summed E-state index contributed by atoms with van der Waals surface area (Å²) in [5.74, 6) is 2.26. The van der Waals surface area contributed by atoms with E-state index in [-0.39, 0.29) is 0 Å². The van der Waals surface area contributed by atoms with Crippen LogP contribution in [0.3, 0.4) is 0 Å². The lowest BCUT2D eigenvalue weighted by atomic mass is 9.81. The maximum absolute atomic E-state index is 4.85. The normalized spacial score (nSPS) is 23.0. The van der Waals surface area contributed by atoms with E-state index in [0.717, 1.165) is 52.6 Å². The summed E-state index contributed by atoms with van der Waals surface area (Å²) in [4.78, 5) is 17.9. The van der Waals surface area contributed by atoms with Crippen LogP contribution in [-0.2, 0) is 6.54 Å². The Balaban J connectivity index is 1.20. The van der Waals surface area contributed by atoms with Crippen molar-refractivity contribution in [2.24, 2.45) is 0 Å². The zero-order chi connectivity index (χ0) is 22.2. The van der Waals surface area contributed by atoms with Crippen molar-refractivity contribution in [2.45, 2.75) is 63.7 Å². The molecule has 2 fully saturated rings. The number of nitrogens with one attached hydrogen (secondary N) is 3. The molecule has 2 aliphatic heterocycles. The van der Waals surface area contributed by atoms with Gasteiger partial charge in [0.05, 0.1) is 11.1 Å². The number of piperidine rings is 2. The predicted octanol–water partition coefficient (Wildman–Crippen LogP) is 4.86. The molecule has 0 radical (unpaired) electrons. The van der Waals surface area contributed by atoms with Crippen LogP contribution in [0.15, 0.2) is 41.9 Å². The first kappa shape index (κ1) is 20.6. The van der Waals surface area contributed by atoms with Crippen molar-refractivity contribution in [3.63, 3.8) is 0 Å². The van der Waals surface area contributed by atoms with Gasteiger partial charge in [-0.15, -0.1) is 11.3 Å². The Morgan fingerprint density at radius 1 is 1.15 bits per heavy atom. The molecule has 4 aromatic heterocycles. The molecule has 6 rings (SSSR count). The highest BCUT2D eigenvalue weighted by molar-refractivity contribution is 7.16. The fourth-order valence-corrected chi connectivity index (χ4v) is 6.10.